The van der Waals surface area contributed by atoms with Gasteiger partial charge in [0.25, 0.3) is 11.7 Å². The number of benzene rings is 2. The average Bonchev–Trinajstić information content (AvgIpc) is 2.98. The fourth-order valence-electron chi connectivity index (χ4n) is 3.48. The number of hydrogen-bond acceptors (Lipinski definition) is 5. The normalized spacial score (nSPS) is 18.2. The van der Waals surface area contributed by atoms with Crippen LogP contribution in [0.5, 0.6) is 11.5 Å². The number of hydrogen-bond donors (Lipinski definition) is 1. The van der Waals surface area contributed by atoms with Gasteiger partial charge >= 0.3 is 0 Å². The highest BCUT2D eigenvalue weighted by atomic mass is 35.5. The number of aliphatic hydroxyl groups is 1. The Morgan fingerprint density at radius 3 is 2.38 bits per heavy atom. The van der Waals surface area contributed by atoms with E-state index in [1.807, 2.05) is 6.92 Å². The molecule has 1 fully saturated rings. The monoisotopic (exact) mass is 415 g/mol. The van der Waals surface area contributed by atoms with Crippen LogP contribution in [0.15, 0.2) is 48.0 Å². The number of carbonyl (C=O) groups is 2. The standard InChI is InChI=1S/C22H22ClNO5/c1-4-11-24-19(13-5-7-14(23)8-6-13)18(21(26)22(24)27)20(25)16-10-9-15(28-2)12-17(16)29-3/h5-10,12,19,25H,4,11H2,1-3H3/b20-18-. The van der Waals surface area contributed by atoms with Crippen molar-refractivity contribution in [1.82, 2.24) is 4.90 Å². The van der Waals surface area contributed by atoms with Crippen LogP contribution in [0.25, 0.3) is 5.76 Å². The van der Waals surface area contributed by atoms with Crippen molar-refractivity contribution in [2.45, 2.75) is 19.4 Å². The van der Waals surface area contributed by atoms with Crippen molar-refractivity contribution < 1.29 is 24.2 Å². The summed E-state index contributed by atoms with van der Waals surface area (Å²) < 4.78 is 10.5. The molecule has 2 aromatic rings. The Balaban J connectivity index is 2.21. The zero-order valence-electron chi connectivity index (χ0n) is 16.4. The summed E-state index contributed by atoms with van der Waals surface area (Å²) in [6.45, 7) is 2.30. The van der Waals surface area contributed by atoms with Crippen molar-refractivity contribution in [1.29, 1.82) is 0 Å². The summed E-state index contributed by atoms with van der Waals surface area (Å²) in [5, 5.41) is 11.6. The number of aliphatic hydroxyl groups excluding tert-OH is 1. The lowest BCUT2D eigenvalue weighted by molar-refractivity contribution is -0.139. The van der Waals surface area contributed by atoms with E-state index in [2.05, 4.69) is 0 Å². The lowest BCUT2D eigenvalue weighted by Gasteiger charge is -2.25. The second-order valence-electron chi connectivity index (χ2n) is 6.61. The molecule has 1 aliphatic rings. The van der Waals surface area contributed by atoms with E-state index >= 15 is 0 Å². The second-order valence-corrected chi connectivity index (χ2v) is 7.05. The molecule has 1 heterocycles. The number of ether oxygens (including phenoxy) is 2. The van der Waals surface area contributed by atoms with Gasteiger partial charge in [-0.15, -0.1) is 0 Å². The molecule has 1 saturated heterocycles. The Kier molecular flexibility index (Phi) is 6.13. The molecule has 1 aliphatic heterocycles. The third-order valence-corrected chi connectivity index (χ3v) is 5.11. The minimum atomic E-state index is -0.728. The third kappa shape index (κ3) is 3.80. The molecule has 7 heteroatoms. The van der Waals surface area contributed by atoms with Crippen molar-refractivity contribution >= 4 is 29.1 Å². The van der Waals surface area contributed by atoms with Gasteiger partial charge in [-0.2, -0.15) is 0 Å². The van der Waals surface area contributed by atoms with E-state index in [9.17, 15) is 14.7 Å². The maximum Gasteiger partial charge on any atom is 0.295 e. The molecule has 2 aromatic carbocycles. The molecule has 1 unspecified atom stereocenters. The Hall–Kier alpha value is -2.99. The number of nitrogens with zero attached hydrogens (tertiary/aromatic N) is 1. The fraction of sp³-hybridized carbons (Fsp3) is 0.273. The number of likely N-dealkylation sites (tertiary alicyclic amines) is 1. The first kappa shape index (κ1) is 20.7. The van der Waals surface area contributed by atoms with Gasteiger partial charge < -0.3 is 19.5 Å². The van der Waals surface area contributed by atoms with E-state index < -0.39 is 17.7 Å². The molecular weight excluding hydrogens is 394 g/mol. The zero-order valence-corrected chi connectivity index (χ0v) is 17.2. The molecule has 0 bridgehead atoms. The molecule has 1 amide bonds. The predicted molar refractivity (Wildman–Crippen MR) is 110 cm³/mol. The quantitative estimate of drug-likeness (QED) is 0.435. The molecule has 3 rings (SSSR count). The van der Waals surface area contributed by atoms with Crippen molar-refractivity contribution in [3.8, 4) is 11.5 Å². The largest absolute Gasteiger partial charge is 0.507 e. The van der Waals surface area contributed by atoms with Crippen LogP contribution in [0.3, 0.4) is 0 Å². The first-order valence-electron chi connectivity index (χ1n) is 9.19. The van der Waals surface area contributed by atoms with E-state index in [0.29, 0.717) is 40.6 Å². The van der Waals surface area contributed by atoms with E-state index in [-0.39, 0.29) is 11.3 Å². The van der Waals surface area contributed by atoms with E-state index in [1.54, 1.807) is 42.5 Å². The highest BCUT2D eigenvalue weighted by Gasteiger charge is 2.45. The molecule has 0 aliphatic carbocycles. The maximum absolute atomic E-state index is 12.9. The van der Waals surface area contributed by atoms with Gasteiger partial charge in [-0.1, -0.05) is 30.7 Å². The smallest absolute Gasteiger partial charge is 0.295 e. The first-order chi connectivity index (χ1) is 13.9. The first-order valence-corrected chi connectivity index (χ1v) is 9.57. The van der Waals surface area contributed by atoms with E-state index in [4.69, 9.17) is 21.1 Å². The Bertz CT molecular complexity index is 968. The SMILES string of the molecule is CCCN1C(=O)C(=O)/C(=C(\O)c2ccc(OC)cc2OC)C1c1ccc(Cl)cc1. The lowest BCUT2D eigenvalue weighted by atomic mass is 9.95. The number of amides is 1. The second kappa shape index (κ2) is 8.57. The molecule has 0 radical (unpaired) electrons. The molecule has 1 atom stereocenters. The highest BCUT2D eigenvalue weighted by Crippen LogP contribution is 2.41. The fourth-order valence-corrected chi connectivity index (χ4v) is 3.61. The molecule has 152 valence electrons. The maximum atomic E-state index is 12.9. The summed E-state index contributed by atoms with van der Waals surface area (Å²) >= 11 is 6.00. The molecular formula is C22H22ClNO5. The number of Topliss-reactive ketones (excluding diaryl/α,β-unsaturated/α-hetero) is 1. The number of carbonyl (C=O) groups excluding carboxylic acids is 2. The van der Waals surface area contributed by atoms with Gasteiger partial charge in [0.1, 0.15) is 17.3 Å². The average molecular weight is 416 g/mol. The van der Waals surface area contributed by atoms with Gasteiger partial charge in [-0.3, -0.25) is 9.59 Å². The summed E-state index contributed by atoms with van der Waals surface area (Å²) in [6, 6.07) is 11.0. The van der Waals surface area contributed by atoms with Crippen LogP contribution in [0.2, 0.25) is 5.02 Å². The van der Waals surface area contributed by atoms with Crippen LogP contribution in [-0.4, -0.2) is 42.5 Å². The molecule has 1 N–H and O–H groups in total. The molecule has 29 heavy (non-hydrogen) atoms. The predicted octanol–water partition coefficient (Wildman–Crippen LogP) is 4.19. The number of ketones is 1. The van der Waals surface area contributed by atoms with Crippen LogP contribution < -0.4 is 9.47 Å². The zero-order chi connectivity index (χ0) is 21.1. The summed E-state index contributed by atoms with van der Waals surface area (Å²) in [7, 11) is 2.98. The van der Waals surface area contributed by atoms with Gasteiger partial charge in [0.2, 0.25) is 0 Å². The molecule has 6 nitrogen and oxygen atoms in total. The summed E-state index contributed by atoms with van der Waals surface area (Å²) in [5.74, 6) is -0.784. The van der Waals surface area contributed by atoms with Gasteiger partial charge in [0.05, 0.1) is 31.4 Å². The Labute approximate surface area is 174 Å². The molecule has 0 aromatic heterocycles. The van der Waals surface area contributed by atoms with Crippen LogP contribution >= 0.6 is 11.6 Å². The van der Waals surface area contributed by atoms with Gasteiger partial charge in [0.15, 0.2) is 0 Å². The van der Waals surface area contributed by atoms with Crippen molar-refractivity contribution in [2.75, 3.05) is 20.8 Å². The van der Waals surface area contributed by atoms with Crippen LogP contribution in [0.4, 0.5) is 0 Å². The topological polar surface area (TPSA) is 76.1 Å². The summed E-state index contributed by atoms with van der Waals surface area (Å²) in [5.41, 5.74) is 1.02. The van der Waals surface area contributed by atoms with Crippen molar-refractivity contribution in [2.24, 2.45) is 0 Å². The highest BCUT2D eigenvalue weighted by molar-refractivity contribution is 6.46. The van der Waals surface area contributed by atoms with E-state index in [0.717, 1.165) is 0 Å². The van der Waals surface area contributed by atoms with Gasteiger partial charge in [0, 0.05) is 17.6 Å². The minimum Gasteiger partial charge on any atom is -0.507 e. The van der Waals surface area contributed by atoms with Crippen molar-refractivity contribution in [3.05, 3.63) is 64.2 Å². The number of methoxy groups -OCH3 is 2. The van der Waals surface area contributed by atoms with Crippen LogP contribution in [0, 0.1) is 0 Å². The number of rotatable bonds is 6. The summed E-state index contributed by atoms with van der Waals surface area (Å²) in [4.78, 5) is 27.1. The van der Waals surface area contributed by atoms with Gasteiger partial charge in [-0.05, 0) is 36.2 Å². The van der Waals surface area contributed by atoms with Crippen LogP contribution in [0.1, 0.15) is 30.5 Å². The third-order valence-electron chi connectivity index (χ3n) is 4.85. The van der Waals surface area contributed by atoms with Gasteiger partial charge in [-0.25, -0.2) is 0 Å². The van der Waals surface area contributed by atoms with E-state index in [1.165, 1.54) is 19.1 Å². The molecule has 0 spiro atoms. The van der Waals surface area contributed by atoms with Crippen molar-refractivity contribution in [3.63, 3.8) is 0 Å². The Morgan fingerprint density at radius 1 is 1.10 bits per heavy atom. The molecule has 0 saturated carbocycles. The Morgan fingerprint density at radius 2 is 1.79 bits per heavy atom. The van der Waals surface area contributed by atoms with Crippen LogP contribution in [-0.2, 0) is 9.59 Å². The lowest BCUT2D eigenvalue weighted by Crippen LogP contribution is -2.30. The minimum absolute atomic E-state index is 0.0224. The number of halogens is 1. The summed E-state index contributed by atoms with van der Waals surface area (Å²) in [6.07, 6.45) is 0.670.